The van der Waals surface area contributed by atoms with Gasteiger partial charge in [0, 0.05) is 57.8 Å². The number of hydrogen-bond acceptors (Lipinski definition) is 5. The van der Waals surface area contributed by atoms with Crippen LogP contribution in [0.2, 0.25) is 5.02 Å². The predicted octanol–water partition coefficient (Wildman–Crippen LogP) is 5.12. The number of fused-ring (bicyclic) bond motifs is 4. The number of nitrogens with zero attached hydrogens (tertiary/aromatic N) is 2. The number of pyridine rings is 1. The van der Waals surface area contributed by atoms with Gasteiger partial charge in [-0.2, -0.15) is 0 Å². The van der Waals surface area contributed by atoms with Crippen LogP contribution in [0, 0.1) is 5.92 Å². The van der Waals surface area contributed by atoms with Gasteiger partial charge in [0.15, 0.2) is 5.78 Å². The van der Waals surface area contributed by atoms with E-state index in [0.29, 0.717) is 16.5 Å². The number of nitrogens with one attached hydrogen (secondary N) is 1. The smallest absolute Gasteiger partial charge is 0.250 e. The van der Waals surface area contributed by atoms with E-state index >= 15 is 0 Å². The molecule has 1 amide bonds. The number of aromatic nitrogens is 1. The number of rotatable bonds is 4. The zero-order valence-electron chi connectivity index (χ0n) is 18.7. The largest absolute Gasteiger partial charge is 0.324 e. The fraction of sp³-hybridized carbons (Fsp3) is 0.296. The lowest BCUT2D eigenvalue weighted by Gasteiger charge is -2.36. The first-order chi connectivity index (χ1) is 16.6. The quantitative estimate of drug-likeness (QED) is 0.515. The van der Waals surface area contributed by atoms with E-state index in [2.05, 4.69) is 34.3 Å². The number of Topliss-reactive ketones (excluding diaryl/α,β-unsaturated/α-hetero) is 1. The molecule has 1 aromatic heterocycles. The van der Waals surface area contributed by atoms with E-state index in [-0.39, 0.29) is 23.7 Å². The normalized spacial score (nSPS) is 27.6. The molecule has 34 heavy (non-hydrogen) atoms. The lowest BCUT2D eigenvalue weighted by atomic mass is 9.69. The van der Waals surface area contributed by atoms with Gasteiger partial charge < -0.3 is 5.32 Å². The Morgan fingerprint density at radius 3 is 2.79 bits per heavy atom. The second-order valence-electron chi connectivity index (χ2n) is 9.15. The Bertz CT molecular complexity index is 1280. The van der Waals surface area contributed by atoms with Crippen LogP contribution in [-0.4, -0.2) is 39.2 Å². The lowest BCUT2D eigenvalue weighted by molar-refractivity contribution is -0.127. The van der Waals surface area contributed by atoms with E-state index in [1.165, 1.54) is 0 Å². The Balaban J connectivity index is 1.62. The van der Waals surface area contributed by atoms with Crippen molar-refractivity contribution in [2.45, 2.75) is 30.8 Å². The van der Waals surface area contributed by atoms with E-state index in [1.54, 1.807) is 24.5 Å². The van der Waals surface area contributed by atoms with Gasteiger partial charge in [-0.15, -0.1) is 11.8 Å². The molecule has 1 N–H and O–H groups in total. The zero-order chi connectivity index (χ0) is 23.4. The van der Waals surface area contributed by atoms with Gasteiger partial charge in [0.25, 0.3) is 0 Å². The number of amides is 1. The van der Waals surface area contributed by atoms with E-state index < -0.39 is 11.5 Å². The van der Waals surface area contributed by atoms with E-state index in [9.17, 15) is 9.59 Å². The summed E-state index contributed by atoms with van der Waals surface area (Å²) in [5, 5.41) is 3.79. The van der Waals surface area contributed by atoms with Gasteiger partial charge in [-0.25, -0.2) is 0 Å². The molecule has 6 rings (SSSR count). The number of carbonyl (C=O) groups is 2. The van der Waals surface area contributed by atoms with Crippen LogP contribution in [0.25, 0.3) is 0 Å². The summed E-state index contributed by atoms with van der Waals surface area (Å²) in [6.45, 7) is 2.11. The highest BCUT2D eigenvalue weighted by atomic mass is 35.5. The summed E-state index contributed by atoms with van der Waals surface area (Å²) in [5.74, 6) is 0.676. The molecule has 5 nitrogen and oxygen atoms in total. The molecule has 3 aliphatic heterocycles. The highest BCUT2D eigenvalue weighted by Gasteiger charge is 2.69. The van der Waals surface area contributed by atoms with Crippen LogP contribution in [-0.2, 0) is 16.8 Å². The Labute approximate surface area is 207 Å². The number of ketones is 1. The van der Waals surface area contributed by atoms with Crippen molar-refractivity contribution < 1.29 is 9.59 Å². The third kappa shape index (κ3) is 3.02. The van der Waals surface area contributed by atoms with Crippen LogP contribution in [0.5, 0.6) is 0 Å². The van der Waals surface area contributed by atoms with Gasteiger partial charge in [0.2, 0.25) is 5.91 Å². The van der Waals surface area contributed by atoms with Crippen molar-refractivity contribution in [3.63, 3.8) is 0 Å². The minimum absolute atomic E-state index is 0.0441. The Morgan fingerprint density at radius 2 is 2.06 bits per heavy atom. The van der Waals surface area contributed by atoms with Crippen LogP contribution >= 0.6 is 23.4 Å². The minimum Gasteiger partial charge on any atom is -0.324 e. The highest BCUT2D eigenvalue weighted by molar-refractivity contribution is 7.99. The summed E-state index contributed by atoms with van der Waals surface area (Å²) in [5.41, 5.74) is 3.38. The number of halogens is 1. The number of hydrogen-bond donors (Lipinski definition) is 1. The van der Waals surface area contributed by atoms with E-state index in [4.69, 9.17) is 11.6 Å². The standard InChI is InChI=1S/C27H24ClN3O2S/c1-2-16-5-10-21-20(12-16)27(26(33)30-21)24(25(32)18-4-3-11-29-13-18)23(22-14-34-15-31(22)27)17-6-8-19(28)9-7-17/h3-13,22-24H,2,14-15H2,1H3,(H,30,33)/t22?,23?,24?,27-/m1/s1. The third-order valence-corrected chi connectivity index (χ3v) is 8.87. The molecule has 3 unspecified atom stereocenters. The van der Waals surface area contributed by atoms with Crippen molar-refractivity contribution in [1.82, 2.24) is 9.88 Å². The minimum atomic E-state index is -1.06. The first kappa shape index (κ1) is 21.8. The zero-order valence-corrected chi connectivity index (χ0v) is 20.3. The van der Waals surface area contributed by atoms with Crippen molar-refractivity contribution in [3.05, 3.63) is 94.3 Å². The SMILES string of the molecule is CCc1ccc2c(c1)[C@]1(C(=O)N2)C(C(=O)c2cccnc2)C(c2ccc(Cl)cc2)C2CSCN21. The molecule has 2 saturated heterocycles. The first-order valence-electron chi connectivity index (χ1n) is 11.5. The summed E-state index contributed by atoms with van der Waals surface area (Å²) < 4.78 is 0. The van der Waals surface area contributed by atoms with Gasteiger partial charge >= 0.3 is 0 Å². The average molecular weight is 490 g/mol. The molecular weight excluding hydrogens is 466 g/mol. The Kier molecular flexibility index (Phi) is 5.28. The van der Waals surface area contributed by atoms with Gasteiger partial charge in [0.05, 0.1) is 5.92 Å². The molecule has 7 heteroatoms. The third-order valence-electron chi connectivity index (χ3n) is 7.58. The van der Waals surface area contributed by atoms with Crippen molar-refractivity contribution in [3.8, 4) is 0 Å². The first-order valence-corrected chi connectivity index (χ1v) is 13.1. The number of anilines is 1. The van der Waals surface area contributed by atoms with Crippen LogP contribution in [0.3, 0.4) is 0 Å². The Hall–Kier alpha value is -2.67. The monoisotopic (exact) mass is 489 g/mol. The summed E-state index contributed by atoms with van der Waals surface area (Å²) in [6.07, 6.45) is 4.14. The van der Waals surface area contributed by atoms with Crippen LogP contribution < -0.4 is 5.32 Å². The predicted molar refractivity (Wildman–Crippen MR) is 135 cm³/mol. The average Bonchev–Trinajstić information content (AvgIpc) is 3.53. The van der Waals surface area contributed by atoms with Crippen LogP contribution in [0.15, 0.2) is 67.0 Å². The Morgan fingerprint density at radius 1 is 1.24 bits per heavy atom. The van der Waals surface area contributed by atoms with E-state index in [0.717, 1.165) is 34.6 Å². The number of aryl methyl sites for hydroxylation is 1. The number of thioether (sulfide) groups is 1. The van der Waals surface area contributed by atoms with Crippen molar-refractivity contribution in [2.75, 3.05) is 16.9 Å². The molecular formula is C27H24ClN3O2S. The fourth-order valence-corrected chi connectivity index (χ4v) is 7.54. The fourth-order valence-electron chi connectivity index (χ4n) is 6.09. The van der Waals surface area contributed by atoms with Gasteiger partial charge in [-0.3, -0.25) is 19.5 Å². The number of carbonyl (C=O) groups excluding carboxylic acids is 2. The number of benzene rings is 2. The van der Waals surface area contributed by atoms with Crippen LogP contribution in [0.1, 0.15) is 39.9 Å². The summed E-state index contributed by atoms with van der Waals surface area (Å²) in [6, 6.07) is 17.6. The molecule has 3 aliphatic rings. The van der Waals surface area contributed by atoms with E-state index in [1.807, 2.05) is 42.1 Å². The van der Waals surface area contributed by atoms with Crippen molar-refractivity contribution in [1.29, 1.82) is 0 Å². The molecule has 0 saturated carbocycles. The topological polar surface area (TPSA) is 62.3 Å². The molecule has 2 aromatic carbocycles. The van der Waals surface area contributed by atoms with Gasteiger partial charge in [-0.05, 0) is 47.9 Å². The van der Waals surface area contributed by atoms with Gasteiger partial charge in [0.1, 0.15) is 5.54 Å². The molecule has 4 heterocycles. The molecule has 4 atom stereocenters. The highest BCUT2D eigenvalue weighted by Crippen LogP contribution is 2.61. The maximum atomic E-state index is 14.3. The molecule has 2 fully saturated rings. The summed E-state index contributed by atoms with van der Waals surface area (Å²) in [7, 11) is 0. The molecule has 1 spiro atoms. The lowest BCUT2D eigenvalue weighted by Crippen LogP contribution is -2.52. The second-order valence-corrected chi connectivity index (χ2v) is 10.6. The second kappa shape index (κ2) is 8.22. The van der Waals surface area contributed by atoms with Crippen molar-refractivity contribution in [2.24, 2.45) is 5.92 Å². The molecule has 0 aliphatic carbocycles. The summed E-state index contributed by atoms with van der Waals surface area (Å²) >= 11 is 8.04. The molecule has 172 valence electrons. The molecule has 0 bridgehead atoms. The maximum Gasteiger partial charge on any atom is 0.250 e. The summed E-state index contributed by atoms with van der Waals surface area (Å²) in [4.78, 5) is 34.8. The van der Waals surface area contributed by atoms with Gasteiger partial charge in [-0.1, -0.05) is 42.8 Å². The van der Waals surface area contributed by atoms with Crippen LogP contribution in [0.4, 0.5) is 5.69 Å². The molecule has 3 aromatic rings. The maximum absolute atomic E-state index is 14.3. The molecule has 0 radical (unpaired) electrons. The van der Waals surface area contributed by atoms with Crippen molar-refractivity contribution >= 4 is 40.7 Å².